The molecule has 0 radical (unpaired) electrons. The van der Waals surface area contributed by atoms with Gasteiger partial charge in [-0.1, -0.05) is 13.8 Å². The first kappa shape index (κ1) is 13.4. The van der Waals surface area contributed by atoms with E-state index < -0.39 is 0 Å². The second-order valence-corrected chi connectivity index (χ2v) is 6.86. The lowest BCUT2D eigenvalue weighted by Gasteiger charge is -2.39. The average molecular weight is 238 g/mol. The van der Waals surface area contributed by atoms with Crippen LogP contribution in [0.1, 0.15) is 58.8 Å². The smallest absolute Gasteiger partial charge is 0.00416 e. The molecule has 4 N–H and O–H groups in total. The second-order valence-electron chi connectivity index (χ2n) is 6.86. The van der Waals surface area contributed by atoms with Gasteiger partial charge in [-0.2, -0.15) is 0 Å². The van der Waals surface area contributed by atoms with Crippen LogP contribution in [0.4, 0.5) is 0 Å². The van der Waals surface area contributed by atoms with Gasteiger partial charge in [0.25, 0.3) is 0 Å². The maximum absolute atomic E-state index is 6.13. The quantitative estimate of drug-likeness (QED) is 0.777. The summed E-state index contributed by atoms with van der Waals surface area (Å²) >= 11 is 0. The third kappa shape index (κ3) is 3.45. The van der Waals surface area contributed by atoms with E-state index >= 15 is 0 Å². The van der Waals surface area contributed by atoms with Gasteiger partial charge in [-0.15, -0.1) is 0 Å². The Balaban J connectivity index is 1.89. The molecule has 0 heterocycles. The van der Waals surface area contributed by atoms with Crippen molar-refractivity contribution < 1.29 is 0 Å². The predicted molar refractivity (Wildman–Crippen MR) is 73.6 cm³/mol. The normalized spacial score (nSPS) is 48.0. The van der Waals surface area contributed by atoms with Crippen molar-refractivity contribution in [2.75, 3.05) is 0 Å². The van der Waals surface area contributed by atoms with Crippen molar-refractivity contribution in [2.24, 2.45) is 35.1 Å². The van der Waals surface area contributed by atoms with Crippen LogP contribution in [0.3, 0.4) is 0 Å². The van der Waals surface area contributed by atoms with E-state index in [2.05, 4.69) is 13.8 Å². The molecule has 6 atom stereocenters. The van der Waals surface area contributed by atoms with Gasteiger partial charge in [0.2, 0.25) is 0 Å². The van der Waals surface area contributed by atoms with Crippen LogP contribution in [-0.4, -0.2) is 12.1 Å². The number of nitrogens with two attached hydrogens (primary N) is 2. The second kappa shape index (κ2) is 5.71. The number of rotatable bonds is 2. The van der Waals surface area contributed by atoms with Crippen LogP contribution in [0.2, 0.25) is 0 Å². The summed E-state index contributed by atoms with van der Waals surface area (Å²) in [5.41, 5.74) is 12.3. The van der Waals surface area contributed by atoms with Crippen molar-refractivity contribution in [2.45, 2.75) is 70.9 Å². The van der Waals surface area contributed by atoms with Crippen LogP contribution in [0.15, 0.2) is 0 Å². The van der Waals surface area contributed by atoms with Crippen molar-refractivity contribution in [1.29, 1.82) is 0 Å². The molecule has 17 heavy (non-hydrogen) atoms. The van der Waals surface area contributed by atoms with Crippen LogP contribution in [0, 0.1) is 23.7 Å². The molecule has 2 rings (SSSR count). The first-order chi connectivity index (χ1) is 8.06. The highest BCUT2D eigenvalue weighted by Crippen LogP contribution is 2.39. The van der Waals surface area contributed by atoms with E-state index in [0.717, 1.165) is 23.7 Å². The Morgan fingerprint density at radius 1 is 0.765 bits per heavy atom. The molecular formula is C15H30N2. The molecule has 0 aromatic rings. The van der Waals surface area contributed by atoms with Gasteiger partial charge in [0.15, 0.2) is 0 Å². The molecule has 0 amide bonds. The summed E-state index contributed by atoms with van der Waals surface area (Å²) in [5.74, 6) is 3.47. The van der Waals surface area contributed by atoms with E-state index in [1.807, 2.05) is 0 Å². The Morgan fingerprint density at radius 2 is 1.18 bits per heavy atom. The molecule has 100 valence electrons. The van der Waals surface area contributed by atoms with E-state index in [4.69, 9.17) is 11.5 Å². The van der Waals surface area contributed by atoms with Crippen LogP contribution in [0.5, 0.6) is 0 Å². The monoisotopic (exact) mass is 238 g/mol. The summed E-state index contributed by atoms with van der Waals surface area (Å²) in [7, 11) is 0. The van der Waals surface area contributed by atoms with Gasteiger partial charge in [-0.05, 0) is 68.6 Å². The molecule has 2 saturated carbocycles. The number of hydrogen-bond acceptors (Lipinski definition) is 2. The Bertz CT molecular complexity index is 217. The van der Waals surface area contributed by atoms with Crippen LogP contribution < -0.4 is 11.5 Å². The van der Waals surface area contributed by atoms with Crippen LogP contribution in [-0.2, 0) is 0 Å². The maximum Gasteiger partial charge on any atom is 0.00416 e. The highest BCUT2D eigenvalue weighted by molar-refractivity contribution is 4.86. The van der Waals surface area contributed by atoms with Crippen molar-refractivity contribution >= 4 is 0 Å². The average Bonchev–Trinajstić information content (AvgIpc) is 2.28. The first-order valence-electron chi connectivity index (χ1n) is 7.57. The summed E-state index contributed by atoms with van der Waals surface area (Å²) in [6, 6.07) is 0.924. The minimum absolute atomic E-state index is 0.462. The van der Waals surface area contributed by atoms with Crippen LogP contribution >= 0.6 is 0 Å². The minimum Gasteiger partial charge on any atom is -0.328 e. The Labute approximate surface area is 107 Å². The lowest BCUT2D eigenvalue weighted by Crippen LogP contribution is -2.37. The number of hydrogen-bond donors (Lipinski definition) is 2. The highest BCUT2D eigenvalue weighted by Gasteiger charge is 2.32. The van der Waals surface area contributed by atoms with E-state index in [1.54, 1.807) is 0 Å². The van der Waals surface area contributed by atoms with E-state index in [1.165, 1.54) is 44.9 Å². The molecule has 6 unspecified atom stereocenters. The molecule has 2 heteroatoms. The molecule has 0 aromatic carbocycles. The molecule has 0 saturated heterocycles. The van der Waals surface area contributed by atoms with Gasteiger partial charge in [-0.3, -0.25) is 0 Å². The topological polar surface area (TPSA) is 52.0 Å². The van der Waals surface area contributed by atoms with E-state index in [9.17, 15) is 0 Å². The fourth-order valence-corrected chi connectivity index (χ4v) is 3.95. The van der Waals surface area contributed by atoms with Crippen LogP contribution in [0.25, 0.3) is 0 Å². The van der Waals surface area contributed by atoms with E-state index in [0.29, 0.717) is 12.1 Å². The zero-order chi connectivity index (χ0) is 12.4. The fraction of sp³-hybridized carbons (Fsp3) is 1.00. The summed E-state index contributed by atoms with van der Waals surface area (Å²) in [6.45, 7) is 4.84. The van der Waals surface area contributed by atoms with Gasteiger partial charge >= 0.3 is 0 Å². The SMILES string of the molecule is CC1CCC(N)CC1CC1CC(N)CCC1C. The molecule has 0 spiro atoms. The standard InChI is InChI=1S/C15H30N2/c1-10-3-5-14(16)8-12(10)7-13-9-15(17)6-4-11(13)2/h10-15H,3-9,16-17H2,1-2H3. The fourth-order valence-electron chi connectivity index (χ4n) is 3.95. The molecule has 2 nitrogen and oxygen atoms in total. The molecule has 0 aromatic heterocycles. The predicted octanol–water partition coefficient (Wildman–Crippen LogP) is 2.90. The lowest BCUT2D eigenvalue weighted by molar-refractivity contribution is 0.138. The van der Waals surface area contributed by atoms with Gasteiger partial charge in [-0.25, -0.2) is 0 Å². The van der Waals surface area contributed by atoms with Gasteiger partial charge in [0.1, 0.15) is 0 Å². The molecule has 0 aliphatic heterocycles. The summed E-state index contributed by atoms with van der Waals surface area (Å²) in [6.07, 6.45) is 9.01. The maximum atomic E-state index is 6.13. The summed E-state index contributed by atoms with van der Waals surface area (Å²) in [5, 5.41) is 0. The first-order valence-corrected chi connectivity index (χ1v) is 7.57. The third-order valence-corrected chi connectivity index (χ3v) is 5.41. The Kier molecular flexibility index (Phi) is 4.48. The Hall–Kier alpha value is -0.0800. The molecule has 2 aliphatic carbocycles. The van der Waals surface area contributed by atoms with Crippen molar-refractivity contribution in [3.05, 3.63) is 0 Å². The zero-order valence-corrected chi connectivity index (χ0v) is 11.6. The molecule has 2 fully saturated rings. The van der Waals surface area contributed by atoms with E-state index in [-0.39, 0.29) is 0 Å². The minimum atomic E-state index is 0.462. The van der Waals surface area contributed by atoms with Crippen molar-refractivity contribution in [3.63, 3.8) is 0 Å². The lowest BCUT2D eigenvalue weighted by atomic mass is 9.68. The van der Waals surface area contributed by atoms with Gasteiger partial charge in [0.05, 0.1) is 0 Å². The molecular weight excluding hydrogens is 208 g/mol. The van der Waals surface area contributed by atoms with Gasteiger partial charge in [0, 0.05) is 12.1 Å². The summed E-state index contributed by atoms with van der Waals surface area (Å²) < 4.78 is 0. The van der Waals surface area contributed by atoms with Crippen molar-refractivity contribution in [3.8, 4) is 0 Å². The zero-order valence-electron chi connectivity index (χ0n) is 11.6. The Morgan fingerprint density at radius 3 is 1.59 bits per heavy atom. The summed E-state index contributed by atoms with van der Waals surface area (Å²) in [4.78, 5) is 0. The van der Waals surface area contributed by atoms with Gasteiger partial charge < -0.3 is 11.5 Å². The largest absolute Gasteiger partial charge is 0.328 e. The van der Waals surface area contributed by atoms with Crippen molar-refractivity contribution in [1.82, 2.24) is 0 Å². The third-order valence-electron chi connectivity index (χ3n) is 5.41. The highest BCUT2D eigenvalue weighted by atomic mass is 14.7. The molecule has 2 aliphatic rings. The molecule has 0 bridgehead atoms.